The molecular formula is C70H117N5O50. The van der Waals surface area contributed by atoms with E-state index in [1.807, 2.05) is 0 Å². The second kappa shape index (κ2) is 44.9. The molecule has 55 nitrogen and oxygen atoms in total. The highest BCUT2D eigenvalue weighted by Gasteiger charge is 2.62. The van der Waals surface area contributed by atoms with E-state index in [1.165, 1.54) is 6.92 Å². The Hall–Kier alpha value is -4.45. The first-order chi connectivity index (χ1) is 59.1. The van der Waals surface area contributed by atoms with Crippen molar-refractivity contribution in [3.05, 3.63) is 0 Å². The molecule has 55 heteroatoms. The molecule has 0 radical (unpaired) electrons. The minimum Gasteiger partial charge on any atom is -0.394 e. The average Bonchev–Trinajstić information content (AvgIpc) is 0.766. The number of carbonyl (C=O) groups excluding carboxylic acids is 5. The van der Waals surface area contributed by atoms with Crippen LogP contribution in [0, 0.1) is 0 Å². The summed E-state index contributed by atoms with van der Waals surface area (Å²) >= 11 is 0. The van der Waals surface area contributed by atoms with Gasteiger partial charge in [0, 0.05) is 34.6 Å². The number of aliphatic hydroxyl groups is 26. The number of amides is 5. The molecular weight excluding hydrogens is 1710 g/mol. The molecule has 0 bridgehead atoms. The Labute approximate surface area is 708 Å². The highest BCUT2D eigenvalue weighted by Crippen LogP contribution is 2.41. The van der Waals surface area contributed by atoms with E-state index in [2.05, 4.69) is 26.6 Å². The largest absolute Gasteiger partial charge is 0.394 e. The summed E-state index contributed by atoms with van der Waals surface area (Å²) in [5.41, 5.74) is 0. The standard InChI is InChI=1S/C70H117N5O50/c1-16-36(88)47(99)52(104)67(109-16)107-15-30-57(50(102)51(103)61(106)110-30)121-64-33(73-19(4)85)46(98)56(28(13-82)115-64)122-68-53(105)58(123-70-60(49(101)40(92)25(10-79)114-70)125-66-35(75-21(6)87)45(97)55(27(12-81)117-66)120-63-32(72-18(3)84)43(95)38(90)23(8-77)112-63)41(93)29(118-68)14-108-69-59(48(100)39(91)24(9-78)113-69)124-65-34(74-20(5)86)44(96)54(26(11-80)116-65)119-62-31(71-17(2)83)42(94)37(89)22(7-76)111-62/h16,22-70,76-82,88-106H,7-15H2,1-6H3,(H,71,83)(H,72,84)(H,73,85)(H,74,86)(H,75,87)/t16-,22+,23+,24+,25+,26+,27+,28+,29+,30+,31+,32+,33+,34+,35+,36+,37-,38-,39+,40+,41+,42+,43+,44+,45+,46+,47+,48-,49-,50+,51-,52-,53-,54+,55+,56+,57+,58-,59-,60-,61+,62-,63-,64-,65-,66-,67+,68-,69-,70+/m0/s1. The van der Waals surface area contributed by atoms with E-state index in [0.717, 1.165) is 34.6 Å². The van der Waals surface area contributed by atoms with Gasteiger partial charge in [-0.25, -0.2) is 0 Å². The van der Waals surface area contributed by atoms with E-state index in [1.54, 1.807) is 0 Å². The second-order valence-corrected chi connectivity index (χ2v) is 31.7. The maximum absolute atomic E-state index is 13.2. The average molecular weight is 1830 g/mol. The molecule has 10 heterocycles. The van der Waals surface area contributed by atoms with Crippen LogP contribution < -0.4 is 26.6 Å². The van der Waals surface area contributed by atoms with Crippen LogP contribution in [0.1, 0.15) is 41.5 Å². The topological polar surface area (TPSA) is 847 Å². The summed E-state index contributed by atoms with van der Waals surface area (Å²) in [6.07, 6.45) is -93.1. The zero-order chi connectivity index (χ0) is 92.1. The van der Waals surface area contributed by atoms with Crippen molar-refractivity contribution in [3.8, 4) is 0 Å². The summed E-state index contributed by atoms with van der Waals surface area (Å²) in [6, 6.07) is -9.29. The normalized spacial score (nSPS) is 48.7. The quantitative estimate of drug-likeness (QED) is 0.0297. The fourth-order valence-corrected chi connectivity index (χ4v) is 16.2. The minimum absolute atomic E-state index is 0.810. The number of nitrogens with one attached hydrogen (secondary N) is 5. The van der Waals surface area contributed by atoms with Gasteiger partial charge in [-0.15, -0.1) is 0 Å². The number of rotatable bonds is 32. The van der Waals surface area contributed by atoms with Crippen molar-refractivity contribution >= 4 is 29.5 Å². The Balaban J connectivity index is 0.983. The zero-order valence-electron chi connectivity index (χ0n) is 67.7. The molecule has 0 aromatic carbocycles. The summed E-state index contributed by atoms with van der Waals surface area (Å²) in [6.45, 7) is -3.84. The zero-order valence-corrected chi connectivity index (χ0v) is 67.7. The van der Waals surface area contributed by atoms with Crippen molar-refractivity contribution in [2.45, 2.75) is 348 Å². The number of hydrogen-bond donors (Lipinski definition) is 31. The molecule has 0 aromatic heterocycles. The van der Waals surface area contributed by atoms with Gasteiger partial charge in [-0.2, -0.15) is 0 Å². The Morgan fingerprint density at radius 3 is 0.864 bits per heavy atom. The number of aliphatic hydroxyl groups excluding tert-OH is 26. The van der Waals surface area contributed by atoms with Crippen LogP contribution in [0.3, 0.4) is 0 Å². The maximum Gasteiger partial charge on any atom is 0.217 e. The predicted molar refractivity (Wildman–Crippen MR) is 386 cm³/mol. The highest BCUT2D eigenvalue weighted by atomic mass is 16.8. The van der Waals surface area contributed by atoms with Crippen LogP contribution in [0.5, 0.6) is 0 Å². The summed E-state index contributed by atoms with van der Waals surface area (Å²) in [7, 11) is 0. The van der Waals surface area contributed by atoms with Gasteiger partial charge < -0.3 is 249 Å². The van der Waals surface area contributed by atoms with Gasteiger partial charge in [0.2, 0.25) is 29.5 Å². The van der Waals surface area contributed by atoms with Crippen LogP contribution in [0.2, 0.25) is 0 Å². The third-order valence-corrected chi connectivity index (χ3v) is 22.8. The highest BCUT2D eigenvalue weighted by molar-refractivity contribution is 5.75. The summed E-state index contributed by atoms with van der Waals surface area (Å²) in [4.78, 5) is 64.1. The van der Waals surface area contributed by atoms with Gasteiger partial charge in [0.05, 0.1) is 65.6 Å². The van der Waals surface area contributed by atoms with Gasteiger partial charge in [0.1, 0.15) is 238 Å². The molecule has 31 N–H and O–H groups in total. The molecule has 10 rings (SSSR count). The lowest BCUT2D eigenvalue weighted by Crippen LogP contribution is -2.71. The lowest BCUT2D eigenvalue weighted by Gasteiger charge is -2.51. The summed E-state index contributed by atoms with van der Waals surface area (Å²) in [5, 5.41) is 304. The summed E-state index contributed by atoms with van der Waals surface area (Å²) < 4.78 is 114. The molecule has 10 saturated heterocycles. The van der Waals surface area contributed by atoms with E-state index in [4.69, 9.17) is 90.0 Å². The van der Waals surface area contributed by atoms with Crippen molar-refractivity contribution in [2.24, 2.45) is 0 Å². The van der Waals surface area contributed by atoms with Gasteiger partial charge >= 0.3 is 0 Å². The van der Waals surface area contributed by atoms with Crippen LogP contribution in [0.25, 0.3) is 0 Å². The van der Waals surface area contributed by atoms with Crippen LogP contribution in [0.4, 0.5) is 0 Å². The number of carbonyl (C=O) groups is 5. The van der Waals surface area contributed by atoms with Gasteiger partial charge in [-0.3, -0.25) is 24.0 Å². The smallest absolute Gasteiger partial charge is 0.217 e. The van der Waals surface area contributed by atoms with Crippen LogP contribution >= 0.6 is 0 Å². The lowest BCUT2D eigenvalue weighted by atomic mass is 9.93. The molecule has 50 atom stereocenters. The maximum atomic E-state index is 13.2. The molecule has 0 aromatic rings. The molecule has 10 aliphatic rings. The SMILES string of the molecule is CC(=O)N[C@H]1[C@H](O[C@H]2[C@H](O)[C@H](O)[C@H](O)O[C@@H]2CO[C@@H]2O[C@@H](C)[C@@H](O)[C@@H](O)[C@@H]2O)O[C@H](CO)[C@@H](O[C@@H]2O[C@H](CO[C@H]3O[C@H](CO)[C@@H](O)[C@H](O)[C@@H]3O[C@@H]3O[C@H](CO)[C@@H](O[C@@H]4O[C@H](CO)[C@H](O)[C@H](O)[C@H]4NC(C)=O)[C@H](O)[C@H]3NC(C)=O)[C@@H](O)[C@H](O[C@H]3O[C@H](CO)[C@@H](O)[C@H](O)[C@@H]3O[C@@H]3O[C@H](CO)[C@@H](O[C@@H]4O[C@H](CO)[C@H](O)[C@H](O)[C@H]4NC(C)=O)[C@H](O)[C@H]3NC(C)=O)[C@@H]2O)[C@@H]1O. The van der Waals surface area contributed by atoms with E-state index in [0.29, 0.717) is 0 Å². The van der Waals surface area contributed by atoms with Gasteiger partial charge in [-0.1, -0.05) is 0 Å². The van der Waals surface area contributed by atoms with E-state index in [9.17, 15) is 157 Å². The van der Waals surface area contributed by atoms with Crippen LogP contribution in [-0.4, -0.2) is 529 Å². The molecule has 10 fully saturated rings. The third-order valence-electron chi connectivity index (χ3n) is 22.8. The van der Waals surface area contributed by atoms with Gasteiger partial charge in [0.25, 0.3) is 0 Å². The lowest BCUT2D eigenvalue weighted by molar-refractivity contribution is -0.398. The Kier molecular flexibility index (Phi) is 36.8. The Morgan fingerprint density at radius 1 is 0.224 bits per heavy atom. The minimum atomic E-state index is -2.63. The van der Waals surface area contributed by atoms with E-state index >= 15 is 0 Å². The fraction of sp³-hybridized carbons (Fsp3) is 0.929. The molecule has 0 aliphatic carbocycles. The molecule has 5 amide bonds. The first-order valence-electron chi connectivity index (χ1n) is 40.0. The van der Waals surface area contributed by atoms with Crippen molar-refractivity contribution in [1.29, 1.82) is 0 Å². The Bertz CT molecular complexity index is 3420. The van der Waals surface area contributed by atoms with Crippen LogP contribution in [0.15, 0.2) is 0 Å². The monoisotopic (exact) mass is 1830 g/mol. The van der Waals surface area contributed by atoms with Crippen molar-refractivity contribution < 1.29 is 247 Å². The molecule has 0 saturated carbocycles. The van der Waals surface area contributed by atoms with Crippen LogP contribution in [-0.2, 0) is 114 Å². The number of ether oxygens (including phenoxy) is 19. The van der Waals surface area contributed by atoms with Crippen molar-refractivity contribution in [2.75, 3.05) is 59.5 Å². The fourth-order valence-electron chi connectivity index (χ4n) is 16.2. The van der Waals surface area contributed by atoms with Gasteiger partial charge in [-0.05, 0) is 6.92 Å². The van der Waals surface area contributed by atoms with Gasteiger partial charge in [0.15, 0.2) is 62.9 Å². The first-order valence-corrected chi connectivity index (χ1v) is 40.0. The molecule has 722 valence electrons. The van der Waals surface area contributed by atoms with E-state index < -0.39 is 396 Å². The predicted octanol–water partition coefficient (Wildman–Crippen LogP) is -21.1. The molecule has 0 spiro atoms. The van der Waals surface area contributed by atoms with E-state index in [-0.39, 0.29) is 0 Å². The second-order valence-electron chi connectivity index (χ2n) is 31.7. The Morgan fingerprint density at radius 2 is 0.496 bits per heavy atom. The van der Waals surface area contributed by atoms with Crippen molar-refractivity contribution in [3.63, 3.8) is 0 Å². The number of hydrogen-bond acceptors (Lipinski definition) is 50. The van der Waals surface area contributed by atoms with Crippen molar-refractivity contribution in [1.82, 2.24) is 26.6 Å². The molecule has 125 heavy (non-hydrogen) atoms. The first kappa shape index (κ1) is 103. The molecule has 10 aliphatic heterocycles. The molecule has 0 unspecified atom stereocenters. The third kappa shape index (κ3) is 23.1. The summed E-state index contributed by atoms with van der Waals surface area (Å²) in [5.74, 6) is -4.55.